The number of carbonyl (C=O) groups is 1. The second-order valence-corrected chi connectivity index (χ2v) is 5.44. The van der Waals surface area contributed by atoms with Crippen molar-refractivity contribution >= 4 is 16.9 Å². The predicted molar refractivity (Wildman–Crippen MR) is 84.4 cm³/mol. The Balaban J connectivity index is 2.66. The molecule has 23 heavy (non-hydrogen) atoms. The normalized spacial score (nSPS) is 10.6. The lowest BCUT2D eigenvalue weighted by atomic mass is 10.0. The van der Waals surface area contributed by atoms with Crippen LogP contribution in [-0.4, -0.2) is 16.2 Å². The average Bonchev–Trinajstić information content (AvgIpc) is 2.43. The van der Waals surface area contributed by atoms with Crippen molar-refractivity contribution in [3.8, 4) is 11.5 Å². The second-order valence-electron chi connectivity index (χ2n) is 5.44. The number of esters is 1. The van der Waals surface area contributed by atoms with E-state index in [0.29, 0.717) is 12.0 Å². The van der Waals surface area contributed by atoms with E-state index in [-0.39, 0.29) is 34.8 Å². The Bertz CT molecular complexity index is 840. The highest BCUT2D eigenvalue weighted by Crippen LogP contribution is 2.34. The van der Waals surface area contributed by atoms with E-state index in [1.807, 2.05) is 19.9 Å². The summed E-state index contributed by atoms with van der Waals surface area (Å²) in [5.41, 5.74) is 1.05. The number of fused-ring (bicyclic) bond motifs is 1. The molecule has 6 heteroatoms. The summed E-state index contributed by atoms with van der Waals surface area (Å²) in [6, 6.07) is 2.28. The van der Waals surface area contributed by atoms with E-state index < -0.39 is 11.4 Å². The van der Waals surface area contributed by atoms with Gasteiger partial charge in [-0.1, -0.05) is 11.6 Å². The summed E-state index contributed by atoms with van der Waals surface area (Å²) in [6.07, 6.45) is 2.20. The zero-order valence-electron chi connectivity index (χ0n) is 13.2. The van der Waals surface area contributed by atoms with Crippen LogP contribution in [0.4, 0.5) is 0 Å². The third kappa shape index (κ3) is 3.71. The van der Waals surface area contributed by atoms with Crippen molar-refractivity contribution in [3.63, 3.8) is 0 Å². The smallest absolute Gasteiger partial charge is 0.303 e. The predicted octanol–water partition coefficient (Wildman–Crippen LogP) is 2.78. The van der Waals surface area contributed by atoms with E-state index in [0.717, 1.165) is 17.7 Å². The zero-order chi connectivity index (χ0) is 17.1. The van der Waals surface area contributed by atoms with Gasteiger partial charge in [-0.3, -0.25) is 9.59 Å². The molecular weight excluding hydrogens is 300 g/mol. The van der Waals surface area contributed by atoms with Gasteiger partial charge >= 0.3 is 5.97 Å². The molecule has 0 unspecified atom stereocenters. The number of rotatable bonds is 4. The topological polar surface area (TPSA) is 97.0 Å². The zero-order valence-corrected chi connectivity index (χ0v) is 13.2. The number of phenols is 2. The van der Waals surface area contributed by atoms with Crippen LogP contribution >= 0.6 is 0 Å². The molecule has 0 bridgehead atoms. The minimum Gasteiger partial charge on any atom is -0.507 e. The first kappa shape index (κ1) is 16.6. The monoisotopic (exact) mass is 318 g/mol. The fraction of sp³-hybridized carbons (Fsp3) is 0.294. The molecule has 0 aliphatic carbocycles. The number of aromatic hydroxyl groups is 2. The van der Waals surface area contributed by atoms with Gasteiger partial charge in [0, 0.05) is 24.6 Å². The van der Waals surface area contributed by atoms with Gasteiger partial charge in [-0.2, -0.15) is 0 Å². The molecule has 2 N–H and O–H groups in total. The third-order valence-electron chi connectivity index (χ3n) is 3.24. The van der Waals surface area contributed by atoms with Crippen LogP contribution in [0, 0.1) is 0 Å². The molecule has 122 valence electrons. The number of allylic oxidation sites excluding steroid dienone is 2. The number of hydrogen-bond donors (Lipinski definition) is 2. The van der Waals surface area contributed by atoms with Gasteiger partial charge in [0.1, 0.15) is 34.8 Å². The average molecular weight is 318 g/mol. The van der Waals surface area contributed by atoms with Gasteiger partial charge in [-0.05, 0) is 20.3 Å². The van der Waals surface area contributed by atoms with Crippen LogP contribution in [0.25, 0.3) is 11.0 Å². The third-order valence-corrected chi connectivity index (χ3v) is 3.24. The molecular formula is C17H18O6. The summed E-state index contributed by atoms with van der Waals surface area (Å²) in [7, 11) is 0. The molecule has 6 nitrogen and oxygen atoms in total. The van der Waals surface area contributed by atoms with Crippen LogP contribution < -0.4 is 5.43 Å². The van der Waals surface area contributed by atoms with Crippen LogP contribution in [0.5, 0.6) is 11.5 Å². The number of benzene rings is 1. The summed E-state index contributed by atoms with van der Waals surface area (Å²) in [6.45, 7) is 4.86. The van der Waals surface area contributed by atoms with Crippen molar-refractivity contribution in [1.29, 1.82) is 0 Å². The summed E-state index contributed by atoms with van der Waals surface area (Å²) in [4.78, 5) is 23.1. The van der Waals surface area contributed by atoms with Crippen molar-refractivity contribution < 1.29 is 24.2 Å². The molecule has 0 amide bonds. The standard InChI is InChI=1S/C17H18O6/c1-9(2)4-5-12-13(19)7-15(21)16-14(20)6-11(23-17(12)16)8-22-10(3)18/h4,6-7,19,21H,5,8H2,1-3H3. The van der Waals surface area contributed by atoms with Crippen LogP contribution in [0.2, 0.25) is 0 Å². The molecule has 0 atom stereocenters. The van der Waals surface area contributed by atoms with Crippen molar-refractivity contribution in [3.05, 3.63) is 45.3 Å². The SMILES string of the molecule is CC(=O)OCc1cc(=O)c2c(O)cc(O)c(CC=C(C)C)c2o1. The highest BCUT2D eigenvalue weighted by molar-refractivity contribution is 5.88. The molecule has 0 aliphatic heterocycles. The maximum absolute atomic E-state index is 12.2. The molecule has 1 heterocycles. The van der Waals surface area contributed by atoms with Gasteiger partial charge in [0.15, 0.2) is 5.43 Å². The molecule has 1 aromatic heterocycles. The Labute approximate surface area is 132 Å². The lowest BCUT2D eigenvalue weighted by Gasteiger charge is -2.10. The van der Waals surface area contributed by atoms with Crippen molar-refractivity contribution in [1.82, 2.24) is 0 Å². The highest BCUT2D eigenvalue weighted by atomic mass is 16.5. The number of ether oxygens (including phenoxy) is 1. The van der Waals surface area contributed by atoms with E-state index in [4.69, 9.17) is 9.15 Å². The second kappa shape index (κ2) is 6.56. The Hall–Kier alpha value is -2.76. The first-order valence-corrected chi connectivity index (χ1v) is 7.07. The maximum Gasteiger partial charge on any atom is 0.303 e. The van der Waals surface area contributed by atoms with E-state index >= 15 is 0 Å². The Kier molecular flexibility index (Phi) is 4.74. The summed E-state index contributed by atoms with van der Waals surface area (Å²) < 4.78 is 10.4. The van der Waals surface area contributed by atoms with Crippen LogP contribution in [-0.2, 0) is 22.6 Å². The van der Waals surface area contributed by atoms with Gasteiger partial charge in [0.25, 0.3) is 0 Å². The molecule has 0 saturated heterocycles. The maximum atomic E-state index is 12.2. The highest BCUT2D eigenvalue weighted by Gasteiger charge is 2.17. The summed E-state index contributed by atoms with van der Waals surface area (Å²) in [5.74, 6) is -0.885. The Morgan fingerprint density at radius 1 is 1.22 bits per heavy atom. The van der Waals surface area contributed by atoms with Crippen molar-refractivity contribution in [2.75, 3.05) is 0 Å². The quantitative estimate of drug-likeness (QED) is 0.664. The molecule has 0 spiro atoms. The Morgan fingerprint density at radius 3 is 2.52 bits per heavy atom. The lowest BCUT2D eigenvalue weighted by Crippen LogP contribution is -2.07. The molecule has 1 aromatic carbocycles. The first-order chi connectivity index (χ1) is 10.8. The van der Waals surface area contributed by atoms with Crippen LogP contribution in [0.15, 0.2) is 33.0 Å². The number of hydrogen-bond acceptors (Lipinski definition) is 6. The fourth-order valence-electron chi connectivity index (χ4n) is 2.15. The first-order valence-electron chi connectivity index (χ1n) is 7.07. The molecule has 2 rings (SSSR count). The number of carbonyl (C=O) groups excluding carboxylic acids is 1. The number of phenolic OH excluding ortho intramolecular Hbond substituents is 2. The van der Waals surface area contributed by atoms with E-state index in [1.54, 1.807) is 0 Å². The van der Waals surface area contributed by atoms with Crippen molar-refractivity contribution in [2.24, 2.45) is 0 Å². The van der Waals surface area contributed by atoms with Gasteiger partial charge in [-0.25, -0.2) is 0 Å². The fourth-order valence-corrected chi connectivity index (χ4v) is 2.15. The van der Waals surface area contributed by atoms with E-state index in [1.165, 1.54) is 6.92 Å². The minimum atomic E-state index is -0.503. The summed E-state index contributed by atoms with van der Waals surface area (Å²) >= 11 is 0. The Morgan fingerprint density at radius 2 is 1.91 bits per heavy atom. The molecule has 0 saturated carbocycles. The minimum absolute atomic E-state index is 0.00784. The molecule has 0 radical (unpaired) electrons. The van der Waals surface area contributed by atoms with Gasteiger partial charge in [0.2, 0.25) is 0 Å². The van der Waals surface area contributed by atoms with Gasteiger partial charge in [0.05, 0.1) is 0 Å². The molecule has 0 fully saturated rings. The van der Waals surface area contributed by atoms with Crippen LogP contribution in [0.3, 0.4) is 0 Å². The summed E-state index contributed by atoms with van der Waals surface area (Å²) in [5, 5.41) is 20.0. The van der Waals surface area contributed by atoms with Crippen molar-refractivity contribution in [2.45, 2.75) is 33.8 Å². The van der Waals surface area contributed by atoms with Gasteiger partial charge < -0.3 is 19.4 Å². The lowest BCUT2D eigenvalue weighted by molar-refractivity contribution is -0.142. The van der Waals surface area contributed by atoms with Crippen LogP contribution in [0.1, 0.15) is 32.1 Å². The van der Waals surface area contributed by atoms with E-state index in [9.17, 15) is 19.8 Å². The van der Waals surface area contributed by atoms with Gasteiger partial charge in [-0.15, -0.1) is 0 Å². The van der Waals surface area contributed by atoms with E-state index in [2.05, 4.69) is 0 Å². The molecule has 0 aliphatic rings. The molecule has 2 aromatic rings. The largest absolute Gasteiger partial charge is 0.507 e.